The molecule has 0 bridgehead atoms. The van der Waals surface area contributed by atoms with E-state index in [1.165, 1.54) is 0 Å². The summed E-state index contributed by atoms with van der Waals surface area (Å²) in [4.78, 5) is 24.1. The lowest BCUT2D eigenvalue weighted by Gasteiger charge is -2.37. The fourth-order valence-electron chi connectivity index (χ4n) is 3.63. The first-order chi connectivity index (χ1) is 10.4. The topological polar surface area (TPSA) is 63.6 Å². The summed E-state index contributed by atoms with van der Waals surface area (Å²) in [5.74, 6) is 0.515. The summed E-state index contributed by atoms with van der Waals surface area (Å²) in [5, 5.41) is 10.2. The van der Waals surface area contributed by atoms with Crippen molar-refractivity contribution >= 4 is 11.8 Å². The second-order valence-electron chi connectivity index (χ2n) is 7.18. The number of hydrogen-bond acceptors (Lipinski definition) is 4. The van der Waals surface area contributed by atoms with Gasteiger partial charge in [0, 0.05) is 12.0 Å². The molecule has 0 saturated heterocycles. The molecule has 0 aromatic rings. The van der Waals surface area contributed by atoms with Crippen LogP contribution in [0.5, 0.6) is 0 Å². The molecule has 2 rings (SSSR count). The lowest BCUT2D eigenvalue weighted by atomic mass is 9.75. The summed E-state index contributed by atoms with van der Waals surface area (Å²) in [5.41, 5.74) is 0.223. The van der Waals surface area contributed by atoms with Crippen LogP contribution in [-0.4, -0.2) is 29.1 Å². The number of hydrogen-bond donors (Lipinski definition) is 1. The fraction of sp³-hybridized carbons (Fsp3) is 0.778. The van der Waals surface area contributed by atoms with Crippen LogP contribution in [0.25, 0.3) is 0 Å². The van der Waals surface area contributed by atoms with Crippen molar-refractivity contribution < 1.29 is 19.4 Å². The minimum Gasteiger partial charge on any atom is -0.460 e. The van der Waals surface area contributed by atoms with Crippen molar-refractivity contribution in [2.45, 2.75) is 71.5 Å². The van der Waals surface area contributed by atoms with Gasteiger partial charge >= 0.3 is 5.97 Å². The van der Waals surface area contributed by atoms with Gasteiger partial charge in [0.2, 0.25) is 0 Å². The normalized spacial score (nSPS) is 30.9. The van der Waals surface area contributed by atoms with Gasteiger partial charge in [-0.3, -0.25) is 4.79 Å². The molecule has 0 radical (unpaired) electrons. The van der Waals surface area contributed by atoms with Gasteiger partial charge in [-0.25, -0.2) is 4.79 Å². The van der Waals surface area contributed by atoms with E-state index in [0.29, 0.717) is 24.2 Å². The summed E-state index contributed by atoms with van der Waals surface area (Å²) < 4.78 is 5.62. The molecule has 0 aliphatic heterocycles. The Bertz CT molecular complexity index is 452. The smallest absolute Gasteiger partial charge is 0.340 e. The van der Waals surface area contributed by atoms with Gasteiger partial charge in [0.1, 0.15) is 6.10 Å². The number of esters is 1. The Labute approximate surface area is 132 Å². The summed E-state index contributed by atoms with van der Waals surface area (Å²) >= 11 is 0. The van der Waals surface area contributed by atoms with E-state index in [2.05, 4.69) is 20.8 Å². The Morgan fingerprint density at radius 2 is 2.09 bits per heavy atom. The fourth-order valence-corrected chi connectivity index (χ4v) is 3.63. The molecule has 1 saturated carbocycles. The molecule has 2 aliphatic carbocycles. The quantitative estimate of drug-likeness (QED) is 0.811. The molecule has 0 unspecified atom stereocenters. The number of aliphatic hydroxyl groups is 1. The SMILES string of the molecule is CC(C)[C@@H]1CC[C@@H](C)C[C@H]1OC(=O)[C@@H](O)C1=CCCCC1=O. The van der Waals surface area contributed by atoms with Gasteiger partial charge in [0.25, 0.3) is 0 Å². The predicted molar refractivity (Wildman–Crippen MR) is 84.2 cm³/mol. The van der Waals surface area contributed by atoms with Crippen LogP contribution in [0.3, 0.4) is 0 Å². The van der Waals surface area contributed by atoms with Crippen molar-refractivity contribution in [3.05, 3.63) is 11.6 Å². The van der Waals surface area contributed by atoms with E-state index in [4.69, 9.17) is 4.74 Å². The third kappa shape index (κ3) is 3.97. The van der Waals surface area contributed by atoms with Crippen LogP contribution in [-0.2, 0) is 14.3 Å². The van der Waals surface area contributed by atoms with Crippen molar-refractivity contribution in [3.8, 4) is 0 Å². The van der Waals surface area contributed by atoms with Gasteiger partial charge in [-0.1, -0.05) is 33.3 Å². The van der Waals surface area contributed by atoms with Crippen LogP contribution in [0.4, 0.5) is 0 Å². The number of ether oxygens (including phenoxy) is 1. The number of Topliss-reactive ketones (excluding diaryl/α,β-unsaturated/α-hetero) is 1. The van der Waals surface area contributed by atoms with Gasteiger partial charge < -0.3 is 9.84 Å². The molecule has 22 heavy (non-hydrogen) atoms. The Morgan fingerprint density at radius 1 is 1.36 bits per heavy atom. The average molecular weight is 308 g/mol. The molecule has 0 heterocycles. The Kier molecular flexibility index (Phi) is 5.79. The maximum Gasteiger partial charge on any atom is 0.340 e. The third-order valence-electron chi connectivity index (χ3n) is 5.04. The number of carbonyl (C=O) groups is 2. The van der Waals surface area contributed by atoms with E-state index >= 15 is 0 Å². The first kappa shape index (κ1) is 17.2. The second kappa shape index (κ2) is 7.40. The number of ketones is 1. The summed E-state index contributed by atoms with van der Waals surface area (Å²) in [6.45, 7) is 6.46. The Morgan fingerprint density at radius 3 is 2.73 bits per heavy atom. The first-order valence-corrected chi connectivity index (χ1v) is 8.52. The molecular formula is C18H28O4. The van der Waals surface area contributed by atoms with Gasteiger partial charge in [-0.15, -0.1) is 0 Å². The van der Waals surface area contributed by atoms with Gasteiger partial charge in [-0.2, -0.15) is 0 Å². The highest BCUT2D eigenvalue weighted by atomic mass is 16.6. The van der Waals surface area contributed by atoms with Crippen LogP contribution < -0.4 is 0 Å². The standard InChI is InChI=1S/C18H28O4/c1-11(2)13-9-8-12(3)10-16(13)22-18(21)17(20)14-6-4-5-7-15(14)19/h6,11-13,16-17,20H,4-5,7-10H2,1-3H3/t12-,13+,16-,17+/m1/s1. The second-order valence-corrected chi connectivity index (χ2v) is 7.18. The summed E-state index contributed by atoms with van der Waals surface area (Å²) in [6.07, 6.45) is 5.10. The molecule has 4 nitrogen and oxygen atoms in total. The molecule has 0 spiro atoms. The highest BCUT2D eigenvalue weighted by Gasteiger charge is 2.36. The molecular weight excluding hydrogens is 280 g/mol. The molecule has 1 fully saturated rings. The highest BCUT2D eigenvalue weighted by Crippen LogP contribution is 2.35. The van der Waals surface area contributed by atoms with Crippen LogP contribution in [0.15, 0.2) is 11.6 Å². The molecule has 4 atom stereocenters. The zero-order valence-electron chi connectivity index (χ0n) is 13.9. The molecule has 124 valence electrons. The number of allylic oxidation sites excluding steroid dienone is 1. The summed E-state index contributed by atoms with van der Waals surface area (Å²) in [6, 6.07) is 0. The zero-order chi connectivity index (χ0) is 16.3. The summed E-state index contributed by atoms with van der Waals surface area (Å²) in [7, 11) is 0. The Balaban J connectivity index is 2.02. The van der Waals surface area contributed by atoms with E-state index in [1.54, 1.807) is 6.08 Å². The van der Waals surface area contributed by atoms with E-state index in [1.807, 2.05) is 0 Å². The molecule has 2 aliphatic rings. The maximum absolute atomic E-state index is 12.3. The average Bonchev–Trinajstić information content (AvgIpc) is 2.46. The third-order valence-corrected chi connectivity index (χ3v) is 5.04. The van der Waals surface area contributed by atoms with Crippen molar-refractivity contribution in [1.82, 2.24) is 0 Å². The van der Waals surface area contributed by atoms with Crippen LogP contribution in [0, 0.1) is 17.8 Å². The lowest BCUT2D eigenvalue weighted by molar-refractivity contribution is -0.164. The molecule has 4 heteroatoms. The number of rotatable bonds is 4. The van der Waals surface area contributed by atoms with Gasteiger partial charge in [0.05, 0.1) is 0 Å². The highest BCUT2D eigenvalue weighted by molar-refractivity contribution is 6.02. The van der Waals surface area contributed by atoms with Crippen molar-refractivity contribution in [2.75, 3.05) is 0 Å². The molecule has 0 aromatic heterocycles. The zero-order valence-corrected chi connectivity index (χ0v) is 13.9. The first-order valence-electron chi connectivity index (χ1n) is 8.52. The molecule has 1 N–H and O–H groups in total. The van der Waals surface area contributed by atoms with Crippen LogP contribution in [0.2, 0.25) is 0 Å². The van der Waals surface area contributed by atoms with E-state index in [9.17, 15) is 14.7 Å². The lowest BCUT2D eigenvalue weighted by Crippen LogP contribution is -2.39. The Hall–Kier alpha value is -1.16. The monoisotopic (exact) mass is 308 g/mol. The minimum absolute atomic E-state index is 0.131. The van der Waals surface area contributed by atoms with Crippen LogP contribution >= 0.6 is 0 Å². The van der Waals surface area contributed by atoms with Crippen LogP contribution in [0.1, 0.15) is 59.3 Å². The van der Waals surface area contributed by atoms with E-state index < -0.39 is 12.1 Å². The number of aliphatic hydroxyl groups excluding tert-OH is 1. The molecule has 0 aromatic carbocycles. The van der Waals surface area contributed by atoms with Gasteiger partial charge in [0.15, 0.2) is 11.9 Å². The predicted octanol–water partition coefficient (Wildman–Crippen LogP) is 3.03. The van der Waals surface area contributed by atoms with Crippen molar-refractivity contribution in [2.24, 2.45) is 17.8 Å². The largest absolute Gasteiger partial charge is 0.460 e. The molecule has 0 amide bonds. The van der Waals surface area contributed by atoms with Crippen molar-refractivity contribution in [1.29, 1.82) is 0 Å². The maximum atomic E-state index is 12.3. The van der Waals surface area contributed by atoms with Crippen molar-refractivity contribution in [3.63, 3.8) is 0 Å². The number of carbonyl (C=O) groups excluding carboxylic acids is 2. The van der Waals surface area contributed by atoms with Gasteiger partial charge in [-0.05, 0) is 43.4 Å². The van der Waals surface area contributed by atoms with E-state index in [-0.39, 0.29) is 17.5 Å². The minimum atomic E-state index is -1.42. The van der Waals surface area contributed by atoms with E-state index in [0.717, 1.165) is 32.1 Å².